The number of aromatic hydroxyl groups is 1. The molecule has 1 N–H and O–H groups in total. The van der Waals surface area contributed by atoms with Gasteiger partial charge in [0.25, 0.3) is 0 Å². The van der Waals surface area contributed by atoms with Gasteiger partial charge in [0.05, 0.1) is 12.0 Å². The number of phenols is 1. The summed E-state index contributed by atoms with van der Waals surface area (Å²) in [7, 11) is 1.66. The molecule has 0 aliphatic carbocycles. The van der Waals surface area contributed by atoms with Crippen LogP contribution in [0.5, 0.6) is 28.7 Å². The number of hydrogen-bond donors (Lipinski definition) is 1. The number of piperidine rings is 1. The summed E-state index contributed by atoms with van der Waals surface area (Å²) in [4.78, 5) is 3.48. The molecule has 0 saturated carbocycles. The van der Waals surface area contributed by atoms with Gasteiger partial charge < -0.3 is 19.3 Å². The zero-order chi connectivity index (χ0) is 23.3. The predicted octanol–water partition coefficient (Wildman–Crippen LogP) is 7.58. The van der Waals surface area contributed by atoms with E-state index in [1.54, 1.807) is 30.6 Å². The summed E-state index contributed by atoms with van der Waals surface area (Å²) in [5, 5.41) is 10.9. The van der Waals surface area contributed by atoms with Crippen molar-refractivity contribution in [3.63, 3.8) is 0 Å². The lowest BCUT2D eigenvalue weighted by Crippen LogP contribution is -2.33. The molecule has 2 heterocycles. The Hall–Kier alpha value is -3.22. The second kappa shape index (κ2) is 11.5. The van der Waals surface area contributed by atoms with E-state index in [1.807, 2.05) is 54.6 Å². The Morgan fingerprint density at radius 3 is 2.26 bits per heavy atom. The van der Waals surface area contributed by atoms with E-state index in [9.17, 15) is 5.11 Å². The third kappa shape index (κ3) is 5.89. The Labute approximate surface area is 211 Å². The Morgan fingerprint density at radius 1 is 0.857 bits per heavy atom. The molecule has 0 bridgehead atoms. The molecule has 5 nitrogen and oxygen atoms in total. The molecule has 35 heavy (non-hydrogen) atoms. The minimum absolute atomic E-state index is 0. The van der Waals surface area contributed by atoms with Crippen molar-refractivity contribution in [3.05, 3.63) is 66.7 Å². The van der Waals surface area contributed by atoms with Gasteiger partial charge in [0.1, 0.15) is 29.6 Å². The van der Waals surface area contributed by atoms with Crippen LogP contribution in [-0.4, -0.2) is 43.4 Å². The van der Waals surface area contributed by atoms with Crippen molar-refractivity contribution in [1.29, 1.82) is 0 Å². The molecule has 0 atom stereocenters. The number of rotatable bonds is 8. The van der Waals surface area contributed by atoms with Crippen LogP contribution in [0.2, 0.25) is 0 Å². The zero-order valence-corrected chi connectivity index (χ0v) is 20.1. The van der Waals surface area contributed by atoms with E-state index in [0.29, 0.717) is 6.61 Å². The van der Waals surface area contributed by atoms with Gasteiger partial charge in [-0.3, -0.25) is 4.90 Å². The summed E-state index contributed by atoms with van der Waals surface area (Å²) < 4.78 is 18.6. The minimum atomic E-state index is 0. The third-order valence-electron chi connectivity index (χ3n) is 6.15. The lowest BCUT2D eigenvalue weighted by molar-refractivity contribution is 0.183. The van der Waals surface area contributed by atoms with Gasteiger partial charge in [0, 0.05) is 16.6 Å². The number of fused-ring (bicyclic) bond motifs is 1. The summed E-state index contributed by atoms with van der Waals surface area (Å²) in [6.07, 6.45) is 3.93. The largest absolute Gasteiger partial charge is 0.508 e. The topological polar surface area (TPSA) is 51.2 Å². The fraction of sp³-hybridized carbons (Fsp3) is 0.310. The molecule has 1 aliphatic heterocycles. The number of ether oxygens (including phenoxy) is 3. The summed E-state index contributed by atoms with van der Waals surface area (Å²) >= 11 is 1.60. The summed E-state index contributed by atoms with van der Waals surface area (Å²) in [5.74, 6) is 3.42. The van der Waals surface area contributed by atoms with E-state index >= 15 is 0 Å². The molecule has 6 heteroatoms. The third-order valence-corrected chi connectivity index (χ3v) is 7.33. The smallest absolute Gasteiger partial charge is 0.153 e. The minimum Gasteiger partial charge on any atom is -0.508 e. The van der Waals surface area contributed by atoms with Gasteiger partial charge in [-0.05, 0) is 98.2 Å². The van der Waals surface area contributed by atoms with Crippen LogP contribution in [0.1, 0.15) is 26.7 Å². The maximum atomic E-state index is 9.98. The first-order valence-corrected chi connectivity index (χ1v) is 12.5. The number of phenolic OH excluding ortho intramolecular Hbond substituents is 1. The normalized spacial score (nSPS) is 13.9. The first-order chi connectivity index (χ1) is 16.7. The lowest BCUT2D eigenvalue weighted by Gasteiger charge is -2.26. The summed E-state index contributed by atoms with van der Waals surface area (Å²) in [5.41, 5.74) is 1.04. The maximum Gasteiger partial charge on any atom is 0.153 e. The molecule has 1 saturated heterocycles. The van der Waals surface area contributed by atoms with Crippen molar-refractivity contribution in [3.8, 4) is 39.2 Å². The van der Waals surface area contributed by atoms with E-state index in [0.717, 1.165) is 50.1 Å². The van der Waals surface area contributed by atoms with Crippen LogP contribution in [0.15, 0.2) is 66.7 Å². The molecule has 3 aromatic carbocycles. The first-order valence-electron chi connectivity index (χ1n) is 11.7. The Balaban J connectivity index is 0.00000289. The molecular weight excluding hydrogens is 458 g/mol. The Bertz CT molecular complexity index is 1230. The van der Waals surface area contributed by atoms with Crippen molar-refractivity contribution < 1.29 is 19.3 Å². The van der Waals surface area contributed by atoms with E-state index in [2.05, 4.69) is 4.90 Å². The molecular formula is C29H33NO4S. The number of hydrogen-bond acceptors (Lipinski definition) is 6. The predicted molar refractivity (Wildman–Crippen MR) is 145 cm³/mol. The molecule has 4 aromatic rings. The van der Waals surface area contributed by atoms with Crippen LogP contribution in [-0.2, 0) is 0 Å². The van der Waals surface area contributed by atoms with Crippen molar-refractivity contribution >= 4 is 21.4 Å². The van der Waals surface area contributed by atoms with Gasteiger partial charge in [0.2, 0.25) is 0 Å². The highest BCUT2D eigenvalue weighted by atomic mass is 32.1. The van der Waals surface area contributed by atoms with Crippen LogP contribution < -0.4 is 14.2 Å². The molecule has 0 radical (unpaired) electrons. The van der Waals surface area contributed by atoms with Crippen LogP contribution in [0, 0.1) is 0 Å². The van der Waals surface area contributed by atoms with Crippen molar-refractivity contribution in [2.45, 2.75) is 26.7 Å². The average molecular weight is 492 g/mol. The zero-order valence-electron chi connectivity index (χ0n) is 19.3. The van der Waals surface area contributed by atoms with E-state index in [1.165, 1.54) is 32.4 Å². The Kier molecular flexibility index (Phi) is 8.16. The highest BCUT2D eigenvalue weighted by Gasteiger charge is 2.17. The van der Waals surface area contributed by atoms with Crippen molar-refractivity contribution in [1.82, 2.24) is 4.90 Å². The number of likely N-dealkylation sites (tertiary alicyclic amines) is 1. The van der Waals surface area contributed by atoms with Crippen LogP contribution in [0.25, 0.3) is 20.5 Å². The monoisotopic (exact) mass is 491 g/mol. The van der Waals surface area contributed by atoms with Gasteiger partial charge >= 0.3 is 0 Å². The first kappa shape index (κ1) is 24.9. The summed E-state index contributed by atoms with van der Waals surface area (Å²) in [6.45, 7) is 4.02. The second-order valence-electron chi connectivity index (χ2n) is 8.49. The highest BCUT2D eigenvalue weighted by Crippen LogP contribution is 2.47. The van der Waals surface area contributed by atoms with Crippen molar-refractivity contribution in [2.75, 3.05) is 33.4 Å². The van der Waals surface area contributed by atoms with E-state index < -0.39 is 0 Å². The average Bonchev–Trinajstić information content (AvgIpc) is 3.23. The molecule has 5 rings (SSSR count). The standard InChI is InChI=1S/C28H29NO4S.CH4/c1-31-22-8-5-20(6-9-22)28-27(25-14-7-21(30)19-26(25)34-28)33-24-12-10-23(11-13-24)32-18-17-29-15-3-2-4-16-29;/h5-14,19,30H,2-4,15-18H2,1H3;1H4. The highest BCUT2D eigenvalue weighted by molar-refractivity contribution is 7.22. The van der Waals surface area contributed by atoms with Crippen LogP contribution in [0.4, 0.5) is 0 Å². The molecule has 0 amide bonds. The van der Waals surface area contributed by atoms with Crippen LogP contribution >= 0.6 is 11.3 Å². The fourth-order valence-electron chi connectivity index (χ4n) is 4.29. The molecule has 1 aliphatic rings. The molecule has 1 aromatic heterocycles. The maximum absolute atomic E-state index is 9.98. The van der Waals surface area contributed by atoms with Crippen molar-refractivity contribution in [2.24, 2.45) is 0 Å². The quantitative estimate of drug-likeness (QED) is 0.275. The summed E-state index contributed by atoms with van der Waals surface area (Å²) in [6, 6.07) is 21.1. The second-order valence-corrected chi connectivity index (χ2v) is 9.55. The molecule has 1 fully saturated rings. The molecule has 0 unspecified atom stereocenters. The lowest BCUT2D eigenvalue weighted by atomic mass is 10.1. The SMILES string of the molecule is C.COc1ccc(-c2sc3cc(O)ccc3c2Oc2ccc(OCCN3CCCCC3)cc2)cc1. The van der Waals surface area contributed by atoms with Gasteiger partial charge in [-0.25, -0.2) is 0 Å². The number of benzene rings is 3. The fourth-order valence-corrected chi connectivity index (χ4v) is 5.46. The number of methoxy groups -OCH3 is 1. The number of thiophene rings is 1. The Morgan fingerprint density at radius 2 is 1.54 bits per heavy atom. The van der Waals surface area contributed by atoms with Crippen LogP contribution in [0.3, 0.4) is 0 Å². The van der Waals surface area contributed by atoms with Gasteiger partial charge in [-0.15, -0.1) is 11.3 Å². The van der Waals surface area contributed by atoms with E-state index in [4.69, 9.17) is 14.2 Å². The number of nitrogens with zero attached hydrogens (tertiary/aromatic N) is 1. The molecule has 0 spiro atoms. The van der Waals surface area contributed by atoms with Gasteiger partial charge in [-0.1, -0.05) is 13.8 Å². The van der Waals surface area contributed by atoms with E-state index in [-0.39, 0.29) is 13.2 Å². The molecule has 184 valence electrons. The van der Waals surface area contributed by atoms with Gasteiger partial charge in [-0.2, -0.15) is 0 Å². The van der Waals surface area contributed by atoms with Gasteiger partial charge in [0.15, 0.2) is 5.75 Å².